The maximum atomic E-state index is 13.2. The molecule has 2 N–H and O–H groups in total. The Kier molecular flexibility index (Phi) is 4.55. The Morgan fingerprint density at radius 2 is 2.28 bits per heavy atom. The highest BCUT2D eigenvalue weighted by molar-refractivity contribution is 6.30. The monoisotopic (exact) mass is 270 g/mol. The van der Waals surface area contributed by atoms with Crippen LogP contribution < -0.4 is 10.6 Å². The van der Waals surface area contributed by atoms with Crippen molar-refractivity contribution < 1.29 is 9.18 Å². The average molecular weight is 271 g/mol. The zero-order valence-electron chi connectivity index (χ0n) is 10.0. The minimum absolute atomic E-state index is 0.0296. The van der Waals surface area contributed by atoms with E-state index in [4.69, 9.17) is 11.6 Å². The molecule has 1 amide bonds. The van der Waals surface area contributed by atoms with Crippen LogP contribution in [0.25, 0.3) is 0 Å². The summed E-state index contributed by atoms with van der Waals surface area (Å²) in [7, 11) is 0. The number of hydrogen-bond acceptors (Lipinski definition) is 2. The molecule has 1 unspecified atom stereocenters. The van der Waals surface area contributed by atoms with Crippen molar-refractivity contribution >= 4 is 17.5 Å². The van der Waals surface area contributed by atoms with Gasteiger partial charge in [0.25, 0.3) is 0 Å². The topological polar surface area (TPSA) is 41.1 Å². The first-order valence-electron chi connectivity index (χ1n) is 6.12. The third kappa shape index (κ3) is 3.43. The van der Waals surface area contributed by atoms with E-state index in [-0.39, 0.29) is 17.0 Å². The molecule has 1 aromatic carbocycles. The Balaban J connectivity index is 1.93. The number of hydrogen-bond donors (Lipinski definition) is 2. The summed E-state index contributed by atoms with van der Waals surface area (Å²) in [6.07, 6.45) is 2.85. The molecule has 1 atom stereocenters. The Hall–Kier alpha value is -1.13. The van der Waals surface area contributed by atoms with Gasteiger partial charge in [0.15, 0.2) is 0 Å². The van der Waals surface area contributed by atoms with E-state index in [2.05, 4.69) is 10.6 Å². The van der Waals surface area contributed by atoms with Gasteiger partial charge in [-0.2, -0.15) is 0 Å². The van der Waals surface area contributed by atoms with Crippen LogP contribution >= 0.6 is 11.6 Å². The lowest BCUT2D eigenvalue weighted by atomic mass is 10.1. The van der Waals surface area contributed by atoms with Crippen LogP contribution in [0.5, 0.6) is 0 Å². The van der Waals surface area contributed by atoms with Gasteiger partial charge in [0, 0.05) is 13.1 Å². The summed E-state index contributed by atoms with van der Waals surface area (Å²) in [5, 5.41) is 6.12. The van der Waals surface area contributed by atoms with Crippen LogP contribution in [0, 0.1) is 5.82 Å². The molecule has 1 aliphatic rings. The van der Waals surface area contributed by atoms with Gasteiger partial charge >= 0.3 is 0 Å². The van der Waals surface area contributed by atoms with E-state index in [0.717, 1.165) is 31.4 Å². The first-order valence-corrected chi connectivity index (χ1v) is 6.49. The summed E-state index contributed by atoms with van der Waals surface area (Å²) in [5.74, 6) is -0.400. The van der Waals surface area contributed by atoms with E-state index in [1.165, 1.54) is 12.1 Å². The fourth-order valence-corrected chi connectivity index (χ4v) is 2.14. The molecule has 5 heteroatoms. The molecule has 3 nitrogen and oxygen atoms in total. The van der Waals surface area contributed by atoms with Gasteiger partial charge in [0.2, 0.25) is 5.91 Å². The fraction of sp³-hybridized carbons (Fsp3) is 0.462. The predicted molar refractivity (Wildman–Crippen MR) is 68.9 cm³/mol. The number of nitrogens with one attached hydrogen (secondary N) is 2. The molecule has 0 bridgehead atoms. The molecule has 18 heavy (non-hydrogen) atoms. The number of carbonyl (C=O) groups is 1. The van der Waals surface area contributed by atoms with E-state index < -0.39 is 5.82 Å². The molecule has 1 heterocycles. The normalized spacial score (nSPS) is 20.3. The van der Waals surface area contributed by atoms with E-state index in [9.17, 15) is 9.18 Å². The van der Waals surface area contributed by atoms with Crippen molar-refractivity contribution in [2.45, 2.75) is 31.8 Å². The van der Waals surface area contributed by atoms with Gasteiger partial charge in [-0.1, -0.05) is 17.7 Å². The van der Waals surface area contributed by atoms with E-state index >= 15 is 0 Å². The summed E-state index contributed by atoms with van der Waals surface area (Å²) in [6.45, 7) is 1.21. The van der Waals surface area contributed by atoms with Crippen LogP contribution in [0.15, 0.2) is 18.2 Å². The van der Waals surface area contributed by atoms with Gasteiger partial charge in [0.1, 0.15) is 5.82 Å². The molecule has 2 rings (SSSR count). The van der Waals surface area contributed by atoms with Crippen molar-refractivity contribution in [1.82, 2.24) is 10.6 Å². The second-order valence-corrected chi connectivity index (χ2v) is 4.88. The second kappa shape index (κ2) is 6.16. The number of carbonyl (C=O) groups excluding carboxylic acids is 1. The second-order valence-electron chi connectivity index (χ2n) is 4.47. The zero-order chi connectivity index (χ0) is 13.0. The lowest BCUT2D eigenvalue weighted by Gasteiger charge is -2.15. The van der Waals surface area contributed by atoms with E-state index in [1.54, 1.807) is 6.07 Å². The Bertz CT molecular complexity index is 439. The first-order chi connectivity index (χ1) is 8.66. The highest BCUT2D eigenvalue weighted by atomic mass is 35.5. The maximum Gasteiger partial charge on any atom is 0.237 e. The molecule has 0 radical (unpaired) electrons. The van der Waals surface area contributed by atoms with Crippen LogP contribution in [0.4, 0.5) is 4.39 Å². The first kappa shape index (κ1) is 13.3. The largest absolute Gasteiger partial charge is 0.355 e. The molecule has 0 aromatic heterocycles. The van der Waals surface area contributed by atoms with Crippen LogP contribution in [-0.4, -0.2) is 18.5 Å². The quantitative estimate of drug-likeness (QED) is 0.884. The van der Waals surface area contributed by atoms with Gasteiger partial charge in [-0.3, -0.25) is 4.79 Å². The van der Waals surface area contributed by atoms with Crippen molar-refractivity contribution in [2.75, 3.05) is 6.54 Å². The van der Waals surface area contributed by atoms with E-state index in [0.29, 0.717) is 6.54 Å². The lowest BCUT2D eigenvalue weighted by Crippen LogP contribution is -2.42. The fourth-order valence-electron chi connectivity index (χ4n) is 2.02. The SMILES string of the molecule is O=C1NCCCCC1NCc1ccc(Cl)c(F)c1. The van der Waals surface area contributed by atoms with E-state index in [1.807, 2.05) is 0 Å². The van der Waals surface area contributed by atoms with Crippen molar-refractivity contribution in [3.8, 4) is 0 Å². The summed E-state index contributed by atoms with van der Waals surface area (Å²) in [6, 6.07) is 4.49. The molecule has 1 fully saturated rings. The number of rotatable bonds is 3. The summed E-state index contributed by atoms with van der Waals surface area (Å²) in [4.78, 5) is 11.7. The van der Waals surface area contributed by atoms with Crippen molar-refractivity contribution in [1.29, 1.82) is 0 Å². The van der Waals surface area contributed by atoms with Crippen molar-refractivity contribution in [3.63, 3.8) is 0 Å². The van der Waals surface area contributed by atoms with Crippen molar-refractivity contribution in [3.05, 3.63) is 34.6 Å². The number of amides is 1. The Morgan fingerprint density at radius 3 is 3.06 bits per heavy atom. The van der Waals surface area contributed by atoms with Gasteiger partial charge in [-0.15, -0.1) is 0 Å². The molecule has 0 aliphatic carbocycles. The molecule has 1 saturated heterocycles. The number of halogens is 2. The molecular formula is C13H16ClFN2O. The third-order valence-corrected chi connectivity index (χ3v) is 3.38. The van der Waals surface area contributed by atoms with Gasteiger partial charge < -0.3 is 10.6 Å². The Labute approximate surface area is 111 Å². The van der Waals surface area contributed by atoms with Gasteiger partial charge in [-0.05, 0) is 37.0 Å². The highest BCUT2D eigenvalue weighted by Crippen LogP contribution is 2.15. The number of benzene rings is 1. The summed E-state index contributed by atoms with van der Waals surface area (Å²) < 4.78 is 13.2. The molecule has 1 aromatic rings. The minimum Gasteiger partial charge on any atom is -0.355 e. The molecule has 98 valence electrons. The Morgan fingerprint density at radius 1 is 1.44 bits per heavy atom. The van der Waals surface area contributed by atoms with Gasteiger partial charge in [-0.25, -0.2) is 4.39 Å². The summed E-state index contributed by atoms with van der Waals surface area (Å²) >= 11 is 5.61. The van der Waals surface area contributed by atoms with Gasteiger partial charge in [0.05, 0.1) is 11.1 Å². The van der Waals surface area contributed by atoms with Crippen LogP contribution in [0.1, 0.15) is 24.8 Å². The average Bonchev–Trinajstić information content (AvgIpc) is 2.56. The summed E-state index contributed by atoms with van der Waals surface area (Å²) in [5.41, 5.74) is 0.786. The van der Waals surface area contributed by atoms with Crippen LogP contribution in [0.2, 0.25) is 5.02 Å². The smallest absolute Gasteiger partial charge is 0.237 e. The maximum absolute atomic E-state index is 13.2. The highest BCUT2D eigenvalue weighted by Gasteiger charge is 2.19. The molecular weight excluding hydrogens is 255 g/mol. The molecule has 0 spiro atoms. The minimum atomic E-state index is -0.429. The predicted octanol–water partition coefficient (Wildman–Crippen LogP) is 2.24. The van der Waals surface area contributed by atoms with Crippen LogP contribution in [0.3, 0.4) is 0 Å². The lowest BCUT2D eigenvalue weighted by molar-refractivity contribution is -0.122. The van der Waals surface area contributed by atoms with Crippen LogP contribution in [-0.2, 0) is 11.3 Å². The zero-order valence-corrected chi connectivity index (χ0v) is 10.8. The molecule has 1 aliphatic heterocycles. The van der Waals surface area contributed by atoms with Crippen molar-refractivity contribution in [2.24, 2.45) is 0 Å². The third-order valence-electron chi connectivity index (χ3n) is 3.07. The standard InChI is InChI=1S/C13H16ClFN2O/c14-10-5-4-9(7-11(10)15)8-17-12-3-1-2-6-16-13(12)18/h4-5,7,12,17H,1-3,6,8H2,(H,16,18). The molecule has 0 saturated carbocycles.